The van der Waals surface area contributed by atoms with Crippen LogP contribution in [-0.2, 0) is 4.74 Å². The van der Waals surface area contributed by atoms with Crippen LogP contribution in [0.4, 0.5) is 0 Å². The molecule has 0 aliphatic heterocycles. The van der Waals surface area contributed by atoms with Gasteiger partial charge in [-0.15, -0.1) is 0 Å². The summed E-state index contributed by atoms with van der Waals surface area (Å²) < 4.78 is 5.12. The van der Waals surface area contributed by atoms with Crippen LogP contribution in [0.2, 0.25) is 10.0 Å². The van der Waals surface area contributed by atoms with Crippen molar-refractivity contribution in [3.05, 3.63) is 27.7 Å². The van der Waals surface area contributed by atoms with Crippen LogP contribution in [0.25, 0.3) is 0 Å². The summed E-state index contributed by atoms with van der Waals surface area (Å²) >= 11 is 11.4. The summed E-state index contributed by atoms with van der Waals surface area (Å²) in [6, 6.07) is 2.58. The van der Waals surface area contributed by atoms with Gasteiger partial charge in [-0.2, -0.15) is 0 Å². The fraction of sp³-hybridized carbons (Fsp3) is 0.364. The summed E-state index contributed by atoms with van der Waals surface area (Å²) in [6.45, 7) is 5.26. The standard InChI is InChI=1S/C11H12Cl2O3/c1-11(2,3)16-10(15)6-4-7(12)9(13)8(14)5-6/h4-5,14H,1-3H3. The highest BCUT2D eigenvalue weighted by Crippen LogP contribution is 2.32. The van der Waals surface area contributed by atoms with Crippen molar-refractivity contribution >= 4 is 29.2 Å². The topological polar surface area (TPSA) is 46.5 Å². The van der Waals surface area contributed by atoms with E-state index in [9.17, 15) is 9.90 Å². The number of aromatic hydroxyl groups is 1. The second-order valence-corrected chi connectivity index (χ2v) is 5.08. The quantitative estimate of drug-likeness (QED) is 0.786. The van der Waals surface area contributed by atoms with E-state index in [1.54, 1.807) is 20.8 Å². The number of esters is 1. The SMILES string of the molecule is CC(C)(C)OC(=O)c1cc(O)c(Cl)c(Cl)c1. The molecule has 0 aliphatic rings. The van der Waals surface area contributed by atoms with Crippen molar-refractivity contribution in [1.29, 1.82) is 0 Å². The van der Waals surface area contributed by atoms with E-state index in [0.717, 1.165) is 0 Å². The van der Waals surface area contributed by atoms with E-state index in [0.29, 0.717) is 0 Å². The molecule has 3 nitrogen and oxygen atoms in total. The van der Waals surface area contributed by atoms with Gasteiger partial charge in [-0.1, -0.05) is 23.2 Å². The number of phenols is 1. The van der Waals surface area contributed by atoms with Gasteiger partial charge in [-0.05, 0) is 32.9 Å². The fourth-order valence-electron chi connectivity index (χ4n) is 1.03. The van der Waals surface area contributed by atoms with Gasteiger partial charge in [0, 0.05) is 0 Å². The predicted octanol–water partition coefficient (Wildman–Crippen LogP) is 3.65. The van der Waals surface area contributed by atoms with Crippen molar-refractivity contribution in [2.24, 2.45) is 0 Å². The molecule has 88 valence electrons. The second-order valence-electron chi connectivity index (χ2n) is 4.29. The fourth-order valence-corrected chi connectivity index (χ4v) is 1.35. The maximum atomic E-state index is 11.6. The molecular weight excluding hydrogens is 251 g/mol. The number of carbonyl (C=O) groups is 1. The lowest BCUT2D eigenvalue weighted by Crippen LogP contribution is -2.23. The smallest absolute Gasteiger partial charge is 0.338 e. The number of halogens is 2. The maximum Gasteiger partial charge on any atom is 0.338 e. The zero-order valence-corrected chi connectivity index (χ0v) is 10.7. The number of phenolic OH excluding ortho intramolecular Hbond substituents is 1. The minimum atomic E-state index is -0.598. The van der Waals surface area contributed by atoms with Crippen LogP contribution in [0.1, 0.15) is 31.1 Å². The molecule has 1 aromatic rings. The molecule has 1 aromatic carbocycles. The highest BCUT2D eigenvalue weighted by molar-refractivity contribution is 6.43. The Morgan fingerprint density at radius 3 is 2.31 bits per heavy atom. The van der Waals surface area contributed by atoms with Crippen LogP contribution in [0, 0.1) is 0 Å². The van der Waals surface area contributed by atoms with Crippen LogP contribution in [0.5, 0.6) is 5.75 Å². The van der Waals surface area contributed by atoms with E-state index in [-0.39, 0.29) is 21.4 Å². The van der Waals surface area contributed by atoms with Gasteiger partial charge < -0.3 is 9.84 Å². The maximum absolute atomic E-state index is 11.6. The Labute approximate surface area is 104 Å². The Morgan fingerprint density at radius 2 is 1.88 bits per heavy atom. The molecule has 0 atom stereocenters. The van der Waals surface area contributed by atoms with Crippen molar-refractivity contribution in [3.63, 3.8) is 0 Å². The monoisotopic (exact) mass is 262 g/mol. The Kier molecular flexibility index (Phi) is 3.71. The Bertz CT molecular complexity index is 399. The zero-order valence-electron chi connectivity index (χ0n) is 9.17. The molecule has 0 amide bonds. The third-order valence-electron chi connectivity index (χ3n) is 1.64. The van der Waals surface area contributed by atoms with Crippen molar-refractivity contribution < 1.29 is 14.6 Å². The molecule has 0 aromatic heterocycles. The van der Waals surface area contributed by atoms with Crippen LogP contribution < -0.4 is 0 Å². The van der Waals surface area contributed by atoms with Gasteiger partial charge in [0.25, 0.3) is 0 Å². The van der Waals surface area contributed by atoms with Crippen molar-refractivity contribution in [1.82, 2.24) is 0 Å². The van der Waals surface area contributed by atoms with E-state index < -0.39 is 11.6 Å². The van der Waals surface area contributed by atoms with Gasteiger partial charge in [0.15, 0.2) is 0 Å². The number of hydrogen-bond acceptors (Lipinski definition) is 3. The molecule has 1 N–H and O–H groups in total. The van der Waals surface area contributed by atoms with Crippen molar-refractivity contribution in [2.45, 2.75) is 26.4 Å². The summed E-state index contributed by atoms with van der Waals surface area (Å²) in [6.07, 6.45) is 0. The Balaban J connectivity index is 3.02. The molecule has 0 radical (unpaired) electrons. The van der Waals surface area contributed by atoms with E-state index in [2.05, 4.69) is 0 Å². The molecule has 0 unspecified atom stereocenters. The largest absolute Gasteiger partial charge is 0.506 e. The molecular formula is C11H12Cl2O3. The summed E-state index contributed by atoms with van der Waals surface area (Å²) in [5.74, 6) is -0.795. The molecule has 0 bridgehead atoms. The minimum absolute atomic E-state index is 0.0222. The minimum Gasteiger partial charge on any atom is -0.506 e. The first-order valence-electron chi connectivity index (χ1n) is 4.62. The average molecular weight is 263 g/mol. The molecule has 0 fully saturated rings. The van der Waals surface area contributed by atoms with E-state index in [1.165, 1.54) is 12.1 Å². The summed E-state index contributed by atoms with van der Waals surface area (Å²) in [4.78, 5) is 11.6. The normalized spacial score (nSPS) is 11.3. The lowest BCUT2D eigenvalue weighted by atomic mass is 10.1. The molecule has 0 aliphatic carbocycles. The van der Waals surface area contributed by atoms with Gasteiger partial charge in [-0.25, -0.2) is 4.79 Å². The summed E-state index contributed by atoms with van der Waals surface area (Å²) in [5, 5.41) is 9.54. The van der Waals surface area contributed by atoms with Crippen molar-refractivity contribution in [2.75, 3.05) is 0 Å². The molecule has 0 saturated carbocycles. The Hall–Kier alpha value is -0.930. The van der Waals surface area contributed by atoms with E-state index in [1.807, 2.05) is 0 Å². The molecule has 5 heteroatoms. The molecule has 0 saturated heterocycles. The first-order valence-corrected chi connectivity index (χ1v) is 5.37. The van der Waals surface area contributed by atoms with Gasteiger partial charge in [0.1, 0.15) is 16.4 Å². The molecule has 0 heterocycles. The number of ether oxygens (including phenoxy) is 1. The molecule has 16 heavy (non-hydrogen) atoms. The highest BCUT2D eigenvalue weighted by atomic mass is 35.5. The van der Waals surface area contributed by atoms with Gasteiger partial charge in [0.2, 0.25) is 0 Å². The third kappa shape index (κ3) is 3.29. The van der Waals surface area contributed by atoms with Crippen LogP contribution in [0.15, 0.2) is 12.1 Å². The average Bonchev–Trinajstić information content (AvgIpc) is 2.10. The predicted molar refractivity (Wildman–Crippen MR) is 63.3 cm³/mol. The van der Waals surface area contributed by atoms with Gasteiger partial charge in [0.05, 0.1) is 10.6 Å². The van der Waals surface area contributed by atoms with E-state index >= 15 is 0 Å². The number of benzene rings is 1. The Morgan fingerprint density at radius 1 is 1.31 bits per heavy atom. The molecule has 0 spiro atoms. The van der Waals surface area contributed by atoms with E-state index in [4.69, 9.17) is 27.9 Å². The third-order valence-corrected chi connectivity index (χ3v) is 2.44. The highest BCUT2D eigenvalue weighted by Gasteiger charge is 2.19. The number of rotatable bonds is 1. The summed E-state index contributed by atoms with van der Waals surface area (Å²) in [5.41, 5.74) is -0.430. The number of hydrogen-bond donors (Lipinski definition) is 1. The molecule has 1 rings (SSSR count). The second kappa shape index (κ2) is 4.52. The van der Waals surface area contributed by atoms with Gasteiger partial charge in [-0.3, -0.25) is 0 Å². The lowest BCUT2D eigenvalue weighted by molar-refractivity contribution is 0.00691. The lowest BCUT2D eigenvalue weighted by Gasteiger charge is -2.19. The first kappa shape index (κ1) is 13.1. The van der Waals surface area contributed by atoms with Crippen LogP contribution in [-0.4, -0.2) is 16.7 Å². The van der Waals surface area contributed by atoms with Crippen molar-refractivity contribution in [3.8, 4) is 5.75 Å². The van der Waals surface area contributed by atoms with Crippen LogP contribution >= 0.6 is 23.2 Å². The zero-order chi connectivity index (χ0) is 12.5. The summed E-state index contributed by atoms with van der Waals surface area (Å²) in [7, 11) is 0. The van der Waals surface area contributed by atoms with Crippen LogP contribution in [0.3, 0.4) is 0 Å². The number of carbonyl (C=O) groups excluding carboxylic acids is 1. The van der Waals surface area contributed by atoms with Gasteiger partial charge >= 0.3 is 5.97 Å². The first-order chi connectivity index (χ1) is 7.20.